The van der Waals surface area contributed by atoms with Crippen molar-refractivity contribution in [2.24, 2.45) is 5.14 Å². The van der Waals surface area contributed by atoms with Gasteiger partial charge >= 0.3 is 0 Å². The second-order valence-corrected chi connectivity index (χ2v) is 8.35. The van der Waals surface area contributed by atoms with Crippen LogP contribution in [0.2, 0.25) is 0 Å². The normalized spacial score (nSPS) is 13.6. The molecular formula is C19H22N8O2S. The van der Waals surface area contributed by atoms with Gasteiger partial charge in [-0.1, -0.05) is 36.4 Å². The molecule has 0 unspecified atom stereocenters. The number of rotatable bonds is 8. The average Bonchev–Trinajstić information content (AvgIpc) is 3.45. The van der Waals surface area contributed by atoms with Gasteiger partial charge in [-0.05, 0) is 28.0 Å². The molecule has 4 rings (SSSR count). The lowest BCUT2D eigenvalue weighted by Gasteiger charge is -2.15. The second kappa shape index (κ2) is 8.61. The van der Waals surface area contributed by atoms with E-state index in [1.807, 2.05) is 42.7 Å². The van der Waals surface area contributed by atoms with E-state index in [2.05, 4.69) is 36.2 Å². The number of H-pyrrole nitrogens is 1. The van der Waals surface area contributed by atoms with Gasteiger partial charge in [0.05, 0.1) is 17.1 Å². The Balaban J connectivity index is 1.53. The fraction of sp³-hybridized carbons (Fsp3) is 0.211. The quantitative estimate of drug-likeness (QED) is 0.384. The molecular weight excluding hydrogens is 404 g/mol. The number of tetrazole rings is 1. The highest BCUT2D eigenvalue weighted by Gasteiger charge is 2.22. The molecule has 30 heavy (non-hydrogen) atoms. The molecule has 0 bridgehead atoms. The number of hydrogen-bond donors (Lipinski definition) is 4. The van der Waals surface area contributed by atoms with Crippen LogP contribution in [-0.2, 0) is 16.6 Å². The predicted octanol–water partition coefficient (Wildman–Crippen LogP) is 0.605. The summed E-state index contributed by atoms with van der Waals surface area (Å²) in [5, 5.41) is 25.8. The summed E-state index contributed by atoms with van der Waals surface area (Å²) in [5.41, 5.74) is 2.94. The molecule has 0 spiro atoms. The number of benzene rings is 2. The van der Waals surface area contributed by atoms with Crippen molar-refractivity contribution in [1.82, 2.24) is 36.2 Å². The summed E-state index contributed by atoms with van der Waals surface area (Å²) in [6.07, 6.45) is 3.97. The van der Waals surface area contributed by atoms with Crippen molar-refractivity contribution in [2.75, 3.05) is 19.8 Å². The Morgan fingerprint density at radius 2 is 2.00 bits per heavy atom. The first-order valence-corrected chi connectivity index (χ1v) is 10.9. The van der Waals surface area contributed by atoms with E-state index in [9.17, 15) is 8.42 Å². The summed E-state index contributed by atoms with van der Waals surface area (Å²) in [6.45, 7) is 3.37. The van der Waals surface area contributed by atoms with Gasteiger partial charge in [0.15, 0.2) is 0 Å². The summed E-state index contributed by atoms with van der Waals surface area (Å²) in [5.74, 6) is 0.172. The van der Waals surface area contributed by atoms with Crippen molar-refractivity contribution < 1.29 is 8.42 Å². The number of sulfonamides is 1. The van der Waals surface area contributed by atoms with Crippen LogP contribution < -0.4 is 15.8 Å². The van der Waals surface area contributed by atoms with Gasteiger partial charge in [0.2, 0.25) is 15.8 Å². The van der Waals surface area contributed by atoms with Crippen LogP contribution in [0.3, 0.4) is 0 Å². The lowest BCUT2D eigenvalue weighted by atomic mass is 9.98. The molecule has 2 aromatic carbocycles. The van der Waals surface area contributed by atoms with Crippen LogP contribution in [0, 0.1) is 0 Å². The van der Waals surface area contributed by atoms with Gasteiger partial charge in [-0.25, -0.2) is 13.6 Å². The molecule has 1 aliphatic rings. The number of nitrogens with one attached hydrogen (secondary N) is 3. The Morgan fingerprint density at radius 1 is 1.17 bits per heavy atom. The zero-order valence-corrected chi connectivity index (χ0v) is 16.9. The van der Waals surface area contributed by atoms with Crippen molar-refractivity contribution in [2.45, 2.75) is 11.4 Å². The summed E-state index contributed by atoms with van der Waals surface area (Å²) >= 11 is 0. The molecule has 0 atom stereocenters. The molecule has 1 aromatic heterocycles. The molecule has 0 radical (unpaired) electrons. The fourth-order valence-corrected chi connectivity index (χ4v) is 4.05. The second-order valence-electron chi connectivity index (χ2n) is 6.82. The van der Waals surface area contributed by atoms with E-state index in [0.29, 0.717) is 11.1 Å². The van der Waals surface area contributed by atoms with Crippen LogP contribution in [0.15, 0.2) is 59.8 Å². The standard InChI is InChI=1S/C19H22N8O2S/c20-30(28,29)17-3-1-2-16(18(17)19-23-25-26-24-19)15-6-4-14(5-7-15)12-21-8-10-27-11-9-22-13-27/h1-7,9,11,21-22H,8,10,12-13H2,(H2,20,28,29)(H,23,24,25,26). The van der Waals surface area contributed by atoms with E-state index in [0.717, 1.165) is 37.4 Å². The smallest absolute Gasteiger partial charge is 0.238 e. The Morgan fingerprint density at radius 3 is 2.67 bits per heavy atom. The van der Waals surface area contributed by atoms with E-state index in [4.69, 9.17) is 5.14 Å². The van der Waals surface area contributed by atoms with E-state index in [-0.39, 0.29) is 10.7 Å². The number of nitrogens with zero attached hydrogens (tertiary/aromatic N) is 4. The summed E-state index contributed by atoms with van der Waals surface area (Å²) in [7, 11) is -3.97. The Labute approximate surface area is 174 Å². The number of hydrogen-bond acceptors (Lipinski definition) is 8. The van der Waals surface area contributed by atoms with E-state index >= 15 is 0 Å². The first-order valence-electron chi connectivity index (χ1n) is 9.36. The van der Waals surface area contributed by atoms with Gasteiger partial charge in [-0.15, -0.1) is 10.2 Å². The molecule has 0 saturated carbocycles. The van der Waals surface area contributed by atoms with Crippen molar-refractivity contribution in [3.63, 3.8) is 0 Å². The van der Waals surface area contributed by atoms with Crippen LogP contribution in [0.4, 0.5) is 0 Å². The van der Waals surface area contributed by atoms with Gasteiger partial charge < -0.3 is 15.5 Å². The molecule has 3 aromatic rings. The first kappa shape index (κ1) is 20.0. The van der Waals surface area contributed by atoms with Gasteiger partial charge in [0.25, 0.3) is 0 Å². The summed E-state index contributed by atoms with van der Waals surface area (Å²) in [6, 6.07) is 12.8. The Kier molecular flexibility index (Phi) is 5.74. The summed E-state index contributed by atoms with van der Waals surface area (Å²) < 4.78 is 24.2. The monoisotopic (exact) mass is 426 g/mol. The van der Waals surface area contributed by atoms with Gasteiger partial charge in [0.1, 0.15) is 0 Å². The van der Waals surface area contributed by atoms with Crippen LogP contribution in [0.25, 0.3) is 22.5 Å². The minimum atomic E-state index is -3.97. The fourth-order valence-electron chi connectivity index (χ4n) is 3.30. The van der Waals surface area contributed by atoms with Crippen molar-refractivity contribution in [3.8, 4) is 22.5 Å². The largest absolute Gasteiger partial charge is 0.373 e. The van der Waals surface area contributed by atoms with E-state index in [1.54, 1.807) is 6.07 Å². The first-order chi connectivity index (χ1) is 14.5. The maximum absolute atomic E-state index is 12.1. The Hall–Kier alpha value is -3.28. The minimum absolute atomic E-state index is 0.0439. The van der Waals surface area contributed by atoms with Gasteiger partial charge in [-0.2, -0.15) is 5.21 Å². The molecule has 5 N–H and O–H groups in total. The highest BCUT2D eigenvalue weighted by molar-refractivity contribution is 7.89. The number of nitrogens with two attached hydrogens (primary N) is 1. The van der Waals surface area contributed by atoms with E-state index < -0.39 is 10.0 Å². The Bertz CT molecular complexity index is 1130. The predicted molar refractivity (Wildman–Crippen MR) is 112 cm³/mol. The van der Waals surface area contributed by atoms with Gasteiger partial charge in [0, 0.05) is 32.0 Å². The van der Waals surface area contributed by atoms with Crippen LogP contribution >= 0.6 is 0 Å². The third-order valence-electron chi connectivity index (χ3n) is 4.77. The van der Waals surface area contributed by atoms with Crippen molar-refractivity contribution in [3.05, 3.63) is 60.4 Å². The number of primary sulfonamides is 1. The molecule has 2 heterocycles. The molecule has 11 heteroatoms. The minimum Gasteiger partial charge on any atom is -0.373 e. The van der Waals surface area contributed by atoms with Crippen LogP contribution in [0.1, 0.15) is 5.56 Å². The van der Waals surface area contributed by atoms with E-state index in [1.165, 1.54) is 6.07 Å². The molecule has 10 nitrogen and oxygen atoms in total. The molecule has 156 valence electrons. The molecule has 0 saturated heterocycles. The molecule has 0 fully saturated rings. The van der Waals surface area contributed by atoms with Gasteiger partial charge in [-0.3, -0.25) is 0 Å². The zero-order chi connectivity index (χ0) is 21.0. The van der Waals surface area contributed by atoms with Crippen molar-refractivity contribution >= 4 is 10.0 Å². The summed E-state index contributed by atoms with van der Waals surface area (Å²) in [4.78, 5) is 2.14. The average molecular weight is 427 g/mol. The third-order valence-corrected chi connectivity index (χ3v) is 5.72. The topological polar surface area (TPSA) is 142 Å². The maximum atomic E-state index is 12.1. The SMILES string of the molecule is NS(=O)(=O)c1cccc(-c2ccc(CNCCN3C=CNC3)cc2)c1-c1nn[nH]n1. The number of aromatic nitrogens is 4. The molecule has 0 aliphatic carbocycles. The van der Waals surface area contributed by atoms with Crippen molar-refractivity contribution in [1.29, 1.82) is 0 Å². The highest BCUT2D eigenvalue weighted by atomic mass is 32.2. The lowest BCUT2D eigenvalue weighted by molar-refractivity contribution is 0.384. The highest BCUT2D eigenvalue weighted by Crippen LogP contribution is 2.34. The van der Waals surface area contributed by atoms with Crippen LogP contribution in [0.5, 0.6) is 0 Å². The lowest BCUT2D eigenvalue weighted by Crippen LogP contribution is -2.29. The maximum Gasteiger partial charge on any atom is 0.238 e. The molecule has 0 amide bonds. The zero-order valence-electron chi connectivity index (χ0n) is 16.1. The third kappa shape index (κ3) is 4.48. The van der Waals surface area contributed by atoms with Crippen LogP contribution in [-0.4, -0.2) is 53.7 Å². The molecule has 1 aliphatic heterocycles. The number of aromatic amines is 1.